The molecule has 3 fully saturated rings. The van der Waals surface area contributed by atoms with Crippen molar-refractivity contribution < 1.29 is 8.23 Å². The molecule has 0 aromatic carbocycles. The fraction of sp³-hybridized carbons (Fsp3) is 1.00. The molecule has 0 heterocycles. The van der Waals surface area contributed by atoms with E-state index in [4.69, 9.17) is 8.23 Å². The van der Waals surface area contributed by atoms with Crippen molar-refractivity contribution in [2.75, 3.05) is 0 Å². The van der Waals surface area contributed by atoms with Crippen molar-refractivity contribution in [3.63, 3.8) is 0 Å². The molecule has 0 aromatic heterocycles. The second kappa shape index (κ2) is 25.8. The van der Waals surface area contributed by atoms with Gasteiger partial charge in [-0.3, -0.25) is 0 Å². The minimum Gasteiger partial charge on any atom is -0.461 e. The van der Waals surface area contributed by atoms with Gasteiger partial charge in [0, 0.05) is 0 Å². The summed E-state index contributed by atoms with van der Waals surface area (Å²) in [7, 11) is -2.87. The lowest BCUT2D eigenvalue weighted by Gasteiger charge is -2.27. The average Bonchev–Trinajstić information content (AvgIpc) is 3.21. The Morgan fingerprint density at radius 2 is 0.907 bits per heavy atom. The van der Waals surface area contributed by atoms with Crippen molar-refractivity contribution in [3.05, 3.63) is 0 Å². The first-order valence-corrected chi connectivity index (χ1v) is 30.2. The van der Waals surface area contributed by atoms with E-state index in [0.717, 1.165) is 23.7 Å². The number of hydrogen-bond donors (Lipinski definition) is 0. The van der Waals surface area contributed by atoms with Crippen molar-refractivity contribution >= 4 is 36.2 Å². The minimum absolute atomic E-state index is 0.177. The summed E-state index contributed by atoms with van der Waals surface area (Å²) >= 11 is 0. The molecule has 0 aliphatic heterocycles. The Morgan fingerprint density at radius 1 is 0.488 bits per heavy atom. The summed E-state index contributed by atoms with van der Waals surface area (Å²) < 4.78 is 12.1. The lowest BCUT2D eigenvalue weighted by atomic mass is 9.81. The van der Waals surface area contributed by atoms with Gasteiger partial charge < -0.3 is 8.23 Å². The molecule has 258 valence electrons. The molecule has 43 heavy (non-hydrogen) atoms. The fourth-order valence-corrected chi connectivity index (χ4v) is 18.0. The van der Waals surface area contributed by atoms with Gasteiger partial charge in [0.25, 0.3) is 0 Å². The van der Waals surface area contributed by atoms with Crippen LogP contribution >= 0.6 is 0 Å². The Kier molecular flexibility index (Phi) is 25.1. The topological polar surface area (TPSA) is 18.5 Å². The Labute approximate surface area is 280 Å². The monoisotopic (exact) mass is 671 g/mol. The summed E-state index contributed by atoms with van der Waals surface area (Å²) in [6, 6.07) is 2.79. The van der Waals surface area contributed by atoms with Crippen LogP contribution < -0.4 is 0 Å². The highest BCUT2D eigenvalue weighted by Crippen LogP contribution is 2.35. The van der Waals surface area contributed by atoms with Crippen LogP contribution in [0.4, 0.5) is 0 Å². The summed E-state index contributed by atoms with van der Waals surface area (Å²) in [5.74, 6) is 4.23. The van der Waals surface area contributed by atoms with Crippen molar-refractivity contribution in [2.45, 2.75) is 213 Å². The molecule has 3 rings (SSSR count). The molecule has 2 nitrogen and oxygen atoms in total. The van der Waals surface area contributed by atoms with E-state index in [2.05, 4.69) is 53.1 Å². The van der Waals surface area contributed by atoms with E-state index >= 15 is 0 Å². The summed E-state index contributed by atoms with van der Waals surface area (Å²) in [5, 5.41) is 0. The molecule has 3 aliphatic rings. The zero-order chi connectivity index (χ0) is 31.8. The van der Waals surface area contributed by atoms with Crippen LogP contribution in [-0.4, -0.2) is 36.2 Å². The normalized spacial score (nSPS) is 23.2. The maximum atomic E-state index is 6.08. The standard InChI is InChI=1S/C17H38OSi2.C11H26OSi2.C9H18/c1-5-11-16-12-7-6-8-13-17(16)14-9-10-15-20(3,4)18-19-2;1-13-12-14(2,3)10-9-11-7-5-4-6-8-11;1-2-6-9-7-4-3-5-8-9/h16-17H,5-15,19H2,1-4H3;11H,4-10,13H2,1-3H3;9H,2-8H2,1H3. The molecular formula is C37H82O2Si4. The molecule has 0 spiro atoms. The first kappa shape index (κ1) is 41.8. The summed E-state index contributed by atoms with van der Waals surface area (Å²) in [4.78, 5) is 0. The van der Waals surface area contributed by atoms with Gasteiger partial charge in [-0.2, -0.15) is 0 Å². The van der Waals surface area contributed by atoms with Gasteiger partial charge in [0.15, 0.2) is 16.6 Å². The number of hydrogen-bond acceptors (Lipinski definition) is 2. The largest absolute Gasteiger partial charge is 0.461 e. The maximum absolute atomic E-state index is 6.08. The Morgan fingerprint density at radius 3 is 1.37 bits per heavy atom. The fourth-order valence-electron chi connectivity index (χ4n) is 8.39. The number of unbranched alkanes of at least 4 members (excludes halogenated alkanes) is 1. The molecule has 2 atom stereocenters. The molecule has 0 aromatic rings. The molecule has 6 heteroatoms. The molecule has 2 unspecified atom stereocenters. The predicted octanol–water partition coefficient (Wildman–Crippen LogP) is 12.2. The van der Waals surface area contributed by atoms with Gasteiger partial charge in [-0.25, -0.2) is 0 Å². The van der Waals surface area contributed by atoms with E-state index in [0.29, 0.717) is 0 Å². The molecular weight excluding hydrogens is 589 g/mol. The lowest BCUT2D eigenvalue weighted by Crippen LogP contribution is -2.31. The molecule has 0 amide bonds. The zero-order valence-electron chi connectivity index (χ0n) is 31.2. The van der Waals surface area contributed by atoms with E-state index in [1.165, 1.54) is 160 Å². The van der Waals surface area contributed by atoms with Gasteiger partial charge in [0.2, 0.25) is 0 Å². The van der Waals surface area contributed by atoms with Gasteiger partial charge in [-0.05, 0) is 61.9 Å². The molecule has 3 aliphatic carbocycles. The van der Waals surface area contributed by atoms with Crippen LogP contribution in [0.3, 0.4) is 0 Å². The van der Waals surface area contributed by atoms with Crippen LogP contribution in [0, 0.1) is 23.7 Å². The SMILES string of the molecule is CCCC1CCCCC1.CCCC1CCCCCC1CCCC[Si](C)(C)O[SiH2]C.C[SiH2]O[Si](C)(C)CCC1CCCCC1. The van der Waals surface area contributed by atoms with Gasteiger partial charge in [0.1, 0.15) is 19.5 Å². The van der Waals surface area contributed by atoms with E-state index in [-0.39, 0.29) is 19.5 Å². The third-order valence-electron chi connectivity index (χ3n) is 11.0. The first-order valence-electron chi connectivity index (χ1n) is 19.9. The van der Waals surface area contributed by atoms with E-state index in [1.54, 1.807) is 0 Å². The molecule has 0 N–H and O–H groups in total. The van der Waals surface area contributed by atoms with Gasteiger partial charge in [0.05, 0.1) is 0 Å². The molecule has 0 bridgehead atoms. The van der Waals surface area contributed by atoms with Crippen molar-refractivity contribution in [3.8, 4) is 0 Å². The van der Waals surface area contributed by atoms with E-state index in [1.807, 2.05) is 0 Å². The smallest absolute Gasteiger partial charge is 0.172 e. The van der Waals surface area contributed by atoms with E-state index in [9.17, 15) is 0 Å². The molecule has 0 saturated heterocycles. The first-order chi connectivity index (χ1) is 20.7. The van der Waals surface area contributed by atoms with Crippen molar-refractivity contribution in [1.82, 2.24) is 0 Å². The highest BCUT2D eigenvalue weighted by molar-refractivity contribution is 6.75. The summed E-state index contributed by atoms with van der Waals surface area (Å²) in [6.45, 7) is 18.8. The van der Waals surface area contributed by atoms with Gasteiger partial charge >= 0.3 is 0 Å². The molecule has 3 saturated carbocycles. The Hall–Kier alpha value is 0.788. The van der Waals surface area contributed by atoms with Crippen LogP contribution in [0.25, 0.3) is 0 Å². The van der Waals surface area contributed by atoms with Gasteiger partial charge in [-0.15, -0.1) is 0 Å². The van der Waals surface area contributed by atoms with E-state index < -0.39 is 16.6 Å². The van der Waals surface area contributed by atoms with Gasteiger partial charge in [-0.1, -0.05) is 175 Å². The lowest BCUT2D eigenvalue weighted by molar-refractivity contribution is 0.270. The summed E-state index contributed by atoms with van der Waals surface area (Å²) in [6.07, 6.45) is 34.1. The highest BCUT2D eigenvalue weighted by atomic mass is 28.4. The second-order valence-corrected chi connectivity index (χ2v) is 27.4. The van der Waals surface area contributed by atoms with Crippen LogP contribution in [0.5, 0.6) is 0 Å². The van der Waals surface area contributed by atoms with Crippen molar-refractivity contribution in [1.29, 1.82) is 0 Å². The second-order valence-electron chi connectivity index (χ2n) is 15.9. The zero-order valence-corrected chi connectivity index (χ0v) is 36.0. The van der Waals surface area contributed by atoms with Crippen LogP contribution in [0.2, 0.25) is 51.4 Å². The van der Waals surface area contributed by atoms with Crippen molar-refractivity contribution in [2.24, 2.45) is 23.7 Å². The quantitative estimate of drug-likeness (QED) is 0.0924. The summed E-state index contributed by atoms with van der Waals surface area (Å²) in [5.41, 5.74) is 0. The minimum atomic E-state index is -1.27. The maximum Gasteiger partial charge on any atom is 0.172 e. The van der Waals surface area contributed by atoms with Crippen LogP contribution in [-0.2, 0) is 8.23 Å². The third kappa shape index (κ3) is 22.1. The predicted molar refractivity (Wildman–Crippen MR) is 207 cm³/mol. The molecule has 0 radical (unpaired) electrons. The highest BCUT2D eigenvalue weighted by Gasteiger charge is 2.25. The number of rotatable bonds is 16. The van der Waals surface area contributed by atoms with Crippen LogP contribution in [0.15, 0.2) is 0 Å². The average molecular weight is 671 g/mol. The van der Waals surface area contributed by atoms with Crippen LogP contribution in [0.1, 0.15) is 162 Å². The third-order valence-corrected chi connectivity index (χ3v) is 22.6. The Bertz CT molecular complexity index is 615. The Balaban J connectivity index is 0.000000348.